The van der Waals surface area contributed by atoms with E-state index in [2.05, 4.69) is 4.98 Å². The minimum atomic E-state index is -1.05. The van der Waals surface area contributed by atoms with E-state index in [0.29, 0.717) is 24.8 Å². The van der Waals surface area contributed by atoms with E-state index < -0.39 is 5.97 Å². The molecule has 5 heteroatoms. The highest BCUT2D eigenvalue weighted by Crippen LogP contribution is 2.18. The van der Waals surface area contributed by atoms with E-state index in [-0.39, 0.29) is 5.69 Å². The number of carboxylic acid groups (broad SMARTS) is 1. The molecule has 1 unspecified atom stereocenters. The fourth-order valence-electron chi connectivity index (χ4n) is 1.72. The van der Waals surface area contributed by atoms with Crippen LogP contribution in [0.4, 0.5) is 0 Å². The molecule has 2 rings (SSSR count). The minimum Gasteiger partial charge on any atom is -0.476 e. The van der Waals surface area contributed by atoms with E-state index in [4.69, 9.17) is 14.3 Å². The van der Waals surface area contributed by atoms with Gasteiger partial charge >= 0.3 is 5.97 Å². The van der Waals surface area contributed by atoms with Gasteiger partial charge in [-0.05, 0) is 18.8 Å². The zero-order valence-corrected chi connectivity index (χ0v) is 8.31. The number of hydrogen-bond donors (Lipinski definition) is 1. The molecule has 1 aliphatic rings. The van der Waals surface area contributed by atoms with Gasteiger partial charge in [-0.3, -0.25) is 0 Å². The summed E-state index contributed by atoms with van der Waals surface area (Å²) >= 11 is 0. The van der Waals surface area contributed by atoms with Crippen LogP contribution in [0, 0.1) is 5.92 Å². The third kappa shape index (κ3) is 2.56. The quantitative estimate of drug-likeness (QED) is 0.816. The molecule has 1 atom stereocenters. The molecule has 1 aromatic heterocycles. The largest absolute Gasteiger partial charge is 0.476 e. The lowest BCUT2D eigenvalue weighted by Gasteiger charge is -2.20. The maximum Gasteiger partial charge on any atom is 0.357 e. The molecular formula is C10H13NO4. The van der Waals surface area contributed by atoms with Crippen LogP contribution < -0.4 is 0 Å². The molecule has 0 aromatic carbocycles. The normalized spacial score (nSPS) is 21.5. The number of ether oxygens (including phenoxy) is 1. The Balaban J connectivity index is 1.94. The lowest BCUT2D eigenvalue weighted by atomic mass is 9.99. The molecule has 0 bridgehead atoms. The van der Waals surface area contributed by atoms with E-state index >= 15 is 0 Å². The molecule has 0 spiro atoms. The van der Waals surface area contributed by atoms with Crippen molar-refractivity contribution < 1.29 is 19.1 Å². The molecule has 15 heavy (non-hydrogen) atoms. The monoisotopic (exact) mass is 211 g/mol. The number of hydrogen-bond acceptors (Lipinski definition) is 4. The summed E-state index contributed by atoms with van der Waals surface area (Å²) in [5.41, 5.74) is -0.0262. The Bertz CT molecular complexity index is 341. The third-order valence-corrected chi connectivity index (χ3v) is 2.49. The van der Waals surface area contributed by atoms with Crippen molar-refractivity contribution in [3.8, 4) is 0 Å². The van der Waals surface area contributed by atoms with Gasteiger partial charge in [0.2, 0.25) is 0 Å². The summed E-state index contributed by atoms with van der Waals surface area (Å²) in [4.78, 5) is 14.4. The molecule has 1 aromatic rings. The minimum absolute atomic E-state index is 0.0262. The number of aromatic carboxylic acids is 1. The van der Waals surface area contributed by atoms with Crippen LogP contribution in [0.15, 0.2) is 10.7 Å². The Morgan fingerprint density at radius 2 is 2.53 bits per heavy atom. The van der Waals surface area contributed by atoms with Crippen LogP contribution in [0.25, 0.3) is 0 Å². The summed E-state index contributed by atoms with van der Waals surface area (Å²) in [5, 5.41) is 8.66. The maximum absolute atomic E-state index is 10.6. The summed E-state index contributed by atoms with van der Waals surface area (Å²) in [5.74, 6) is -0.160. The van der Waals surface area contributed by atoms with Crippen molar-refractivity contribution in [1.29, 1.82) is 0 Å². The standard InChI is InChI=1S/C10H13NO4/c12-10(13)8-6-15-9(11-8)4-7-2-1-3-14-5-7/h6-7H,1-5H2,(H,12,13). The van der Waals surface area contributed by atoms with Gasteiger partial charge in [-0.2, -0.15) is 0 Å². The van der Waals surface area contributed by atoms with E-state index in [1.165, 1.54) is 6.26 Å². The fraction of sp³-hybridized carbons (Fsp3) is 0.600. The first-order valence-corrected chi connectivity index (χ1v) is 5.01. The number of carboxylic acids is 1. The molecule has 0 radical (unpaired) electrons. The van der Waals surface area contributed by atoms with Crippen LogP contribution >= 0.6 is 0 Å². The highest BCUT2D eigenvalue weighted by Gasteiger charge is 2.18. The van der Waals surface area contributed by atoms with Gasteiger partial charge in [0.25, 0.3) is 0 Å². The average molecular weight is 211 g/mol. The third-order valence-electron chi connectivity index (χ3n) is 2.49. The summed E-state index contributed by atoms with van der Waals surface area (Å²) in [7, 11) is 0. The van der Waals surface area contributed by atoms with Crippen molar-refractivity contribution in [3.63, 3.8) is 0 Å². The first-order chi connectivity index (χ1) is 7.25. The summed E-state index contributed by atoms with van der Waals surface area (Å²) in [6.45, 7) is 1.53. The predicted octanol–water partition coefficient (Wildman–Crippen LogP) is 1.34. The molecule has 0 aliphatic carbocycles. The molecule has 1 saturated heterocycles. The number of oxazole rings is 1. The molecule has 0 saturated carbocycles. The number of nitrogens with zero attached hydrogens (tertiary/aromatic N) is 1. The van der Waals surface area contributed by atoms with Crippen molar-refractivity contribution in [2.24, 2.45) is 5.92 Å². The van der Waals surface area contributed by atoms with E-state index in [1.807, 2.05) is 0 Å². The zero-order valence-electron chi connectivity index (χ0n) is 8.31. The molecule has 82 valence electrons. The molecule has 1 N–H and O–H groups in total. The predicted molar refractivity (Wildman–Crippen MR) is 50.7 cm³/mol. The van der Waals surface area contributed by atoms with Crippen LogP contribution in [0.3, 0.4) is 0 Å². The van der Waals surface area contributed by atoms with E-state index in [0.717, 1.165) is 19.4 Å². The van der Waals surface area contributed by atoms with Gasteiger partial charge in [0.1, 0.15) is 6.26 Å². The van der Waals surface area contributed by atoms with Gasteiger partial charge in [0.15, 0.2) is 11.6 Å². The lowest BCUT2D eigenvalue weighted by Crippen LogP contribution is -2.19. The molecular weight excluding hydrogens is 198 g/mol. The van der Waals surface area contributed by atoms with Crippen LogP contribution in [0.5, 0.6) is 0 Å². The fourth-order valence-corrected chi connectivity index (χ4v) is 1.72. The highest BCUT2D eigenvalue weighted by atomic mass is 16.5. The number of rotatable bonds is 3. The van der Waals surface area contributed by atoms with Crippen molar-refractivity contribution in [1.82, 2.24) is 4.98 Å². The Hall–Kier alpha value is -1.36. The zero-order chi connectivity index (χ0) is 10.7. The first kappa shape index (κ1) is 10.2. The van der Waals surface area contributed by atoms with Gasteiger partial charge in [0.05, 0.1) is 0 Å². The van der Waals surface area contributed by atoms with E-state index in [9.17, 15) is 4.79 Å². The van der Waals surface area contributed by atoms with Crippen LogP contribution in [0.2, 0.25) is 0 Å². The van der Waals surface area contributed by atoms with Gasteiger partial charge < -0.3 is 14.3 Å². The Morgan fingerprint density at radius 1 is 1.67 bits per heavy atom. The van der Waals surface area contributed by atoms with E-state index in [1.54, 1.807) is 0 Å². The van der Waals surface area contributed by atoms with Crippen molar-refractivity contribution in [2.45, 2.75) is 19.3 Å². The highest BCUT2D eigenvalue weighted by molar-refractivity contribution is 5.84. The molecule has 5 nitrogen and oxygen atoms in total. The Morgan fingerprint density at radius 3 is 3.13 bits per heavy atom. The first-order valence-electron chi connectivity index (χ1n) is 5.01. The summed E-state index contributed by atoms with van der Waals surface area (Å²) in [6, 6.07) is 0. The number of carbonyl (C=O) groups is 1. The summed E-state index contributed by atoms with van der Waals surface area (Å²) < 4.78 is 10.4. The van der Waals surface area contributed by atoms with Gasteiger partial charge in [0, 0.05) is 19.6 Å². The van der Waals surface area contributed by atoms with Crippen molar-refractivity contribution >= 4 is 5.97 Å². The Labute approximate surface area is 87.1 Å². The number of aromatic nitrogens is 1. The van der Waals surface area contributed by atoms with Gasteiger partial charge in [-0.1, -0.05) is 0 Å². The molecule has 2 heterocycles. The van der Waals surface area contributed by atoms with Crippen LogP contribution in [-0.2, 0) is 11.2 Å². The topological polar surface area (TPSA) is 72.6 Å². The molecule has 1 fully saturated rings. The Kier molecular flexibility index (Phi) is 3.01. The second kappa shape index (κ2) is 4.44. The SMILES string of the molecule is O=C(O)c1coc(CC2CCCOC2)n1. The lowest BCUT2D eigenvalue weighted by molar-refractivity contribution is 0.0526. The van der Waals surface area contributed by atoms with Crippen molar-refractivity contribution in [3.05, 3.63) is 17.8 Å². The van der Waals surface area contributed by atoms with Gasteiger partial charge in [-0.25, -0.2) is 9.78 Å². The average Bonchev–Trinajstić information content (AvgIpc) is 2.68. The van der Waals surface area contributed by atoms with Crippen LogP contribution in [0.1, 0.15) is 29.2 Å². The second-order valence-electron chi connectivity index (χ2n) is 3.72. The van der Waals surface area contributed by atoms with Crippen LogP contribution in [-0.4, -0.2) is 29.3 Å². The summed E-state index contributed by atoms with van der Waals surface area (Å²) in [6.07, 6.45) is 3.98. The smallest absolute Gasteiger partial charge is 0.357 e. The molecule has 1 aliphatic heterocycles. The maximum atomic E-state index is 10.6. The second-order valence-corrected chi connectivity index (χ2v) is 3.72. The molecule has 0 amide bonds. The van der Waals surface area contributed by atoms with Crippen molar-refractivity contribution in [2.75, 3.05) is 13.2 Å². The van der Waals surface area contributed by atoms with Gasteiger partial charge in [-0.15, -0.1) is 0 Å².